The van der Waals surface area contributed by atoms with Crippen molar-refractivity contribution in [1.82, 2.24) is 15.1 Å². The van der Waals surface area contributed by atoms with E-state index in [1.165, 1.54) is 0 Å². The van der Waals surface area contributed by atoms with Gasteiger partial charge >= 0.3 is 0 Å². The molecular formula is C18H21N3O3. The monoisotopic (exact) mass is 327 g/mol. The average Bonchev–Trinajstić information content (AvgIpc) is 3.32. The zero-order valence-electron chi connectivity index (χ0n) is 13.9. The van der Waals surface area contributed by atoms with Crippen LogP contribution in [0.25, 0.3) is 5.69 Å². The highest BCUT2D eigenvalue weighted by Gasteiger charge is 2.42. The van der Waals surface area contributed by atoms with E-state index in [1.54, 1.807) is 18.5 Å². The Hall–Kier alpha value is -2.47. The summed E-state index contributed by atoms with van der Waals surface area (Å²) in [5.74, 6) is -1.23. The zero-order chi connectivity index (χ0) is 17.3. The third-order valence-electron chi connectivity index (χ3n) is 4.64. The Morgan fingerprint density at radius 2 is 1.92 bits per heavy atom. The Kier molecular flexibility index (Phi) is 4.24. The second-order valence-electron chi connectivity index (χ2n) is 6.46. The fourth-order valence-electron chi connectivity index (χ4n) is 2.82. The van der Waals surface area contributed by atoms with Crippen LogP contribution in [0, 0.1) is 19.3 Å². The summed E-state index contributed by atoms with van der Waals surface area (Å²) in [6.45, 7) is 3.87. The number of rotatable bonds is 6. The maximum absolute atomic E-state index is 12.5. The van der Waals surface area contributed by atoms with Crippen LogP contribution in [0.1, 0.15) is 34.6 Å². The molecule has 24 heavy (non-hydrogen) atoms. The van der Waals surface area contributed by atoms with Crippen molar-refractivity contribution in [2.24, 2.45) is 5.41 Å². The molecular weight excluding hydrogens is 306 g/mol. The number of ketones is 1. The highest BCUT2D eigenvalue weighted by molar-refractivity contribution is 6.43. The highest BCUT2D eigenvalue weighted by Crippen LogP contribution is 2.44. The number of aliphatic hydroxyl groups excluding tert-OH is 1. The molecule has 0 radical (unpaired) electrons. The number of carbonyl (C=O) groups excluding carboxylic acids is 2. The molecule has 2 aromatic rings. The van der Waals surface area contributed by atoms with Crippen molar-refractivity contribution < 1.29 is 14.7 Å². The van der Waals surface area contributed by atoms with Crippen molar-refractivity contribution in [3.8, 4) is 5.69 Å². The van der Waals surface area contributed by atoms with Gasteiger partial charge < -0.3 is 10.4 Å². The number of amides is 1. The maximum Gasteiger partial charge on any atom is 0.292 e. The first-order valence-corrected chi connectivity index (χ1v) is 8.02. The van der Waals surface area contributed by atoms with E-state index in [2.05, 4.69) is 10.4 Å². The van der Waals surface area contributed by atoms with Crippen LogP contribution in [0.4, 0.5) is 0 Å². The number of aryl methyl sites for hydroxylation is 1. The summed E-state index contributed by atoms with van der Waals surface area (Å²) in [5.41, 5.74) is 2.12. The van der Waals surface area contributed by atoms with E-state index in [0.717, 1.165) is 18.5 Å². The van der Waals surface area contributed by atoms with Crippen molar-refractivity contribution in [3.63, 3.8) is 0 Å². The number of hydrogen-bond donors (Lipinski definition) is 2. The number of aliphatic hydroxyl groups is 1. The van der Waals surface area contributed by atoms with Gasteiger partial charge in [-0.3, -0.25) is 9.59 Å². The molecule has 2 N–H and O–H groups in total. The van der Waals surface area contributed by atoms with Crippen LogP contribution < -0.4 is 5.32 Å². The molecule has 0 saturated heterocycles. The smallest absolute Gasteiger partial charge is 0.292 e. The summed E-state index contributed by atoms with van der Waals surface area (Å²) in [4.78, 5) is 24.7. The molecule has 6 heteroatoms. The van der Waals surface area contributed by atoms with Gasteiger partial charge in [0.1, 0.15) is 0 Å². The van der Waals surface area contributed by atoms with E-state index >= 15 is 0 Å². The Balaban J connectivity index is 1.80. The fraction of sp³-hybridized carbons (Fsp3) is 0.389. The molecule has 1 aliphatic carbocycles. The van der Waals surface area contributed by atoms with Gasteiger partial charge in [-0.05, 0) is 38.8 Å². The molecule has 3 rings (SSSR count). The van der Waals surface area contributed by atoms with Gasteiger partial charge in [0.2, 0.25) is 0 Å². The van der Waals surface area contributed by atoms with Crippen LogP contribution in [0.3, 0.4) is 0 Å². The summed E-state index contributed by atoms with van der Waals surface area (Å²) in [5, 5.41) is 16.3. The Morgan fingerprint density at radius 1 is 1.25 bits per heavy atom. The molecule has 0 unspecified atom stereocenters. The lowest BCUT2D eigenvalue weighted by Gasteiger charge is -2.12. The van der Waals surface area contributed by atoms with E-state index in [-0.39, 0.29) is 12.0 Å². The van der Waals surface area contributed by atoms with Gasteiger partial charge in [-0.1, -0.05) is 18.2 Å². The Labute approximate surface area is 140 Å². The predicted octanol–water partition coefficient (Wildman–Crippen LogP) is 1.56. The molecule has 6 nitrogen and oxygen atoms in total. The Bertz CT molecular complexity index is 776. The first-order chi connectivity index (χ1) is 11.5. The number of para-hydroxylation sites is 1. The first-order valence-electron chi connectivity index (χ1n) is 8.02. The number of aromatic nitrogens is 2. The topological polar surface area (TPSA) is 84.2 Å². The van der Waals surface area contributed by atoms with E-state index < -0.39 is 11.7 Å². The number of Topliss-reactive ketones (excluding diaryl/α,β-unsaturated/α-hetero) is 1. The lowest BCUT2D eigenvalue weighted by atomic mass is 10.1. The standard InChI is InChI=1S/C18H21N3O3/c1-12-15(13(2)21(20-12)14-6-4-3-5-7-14)16(23)17(24)19-10-18(11-22)8-9-18/h3-7,22H,8-11H2,1-2H3,(H,19,24). The maximum atomic E-state index is 12.5. The van der Waals surface area contributed by atoms with Crippen molar-refractivity contribution >= 4 is 11.7 Å². The molecule has 1 amide bonds. The van der Waals surface area contributed by atoms with Gasteiger partial charge in [0.25, 0.3) is 11.7 Å². The summed E-state index contributed by atoms with van der Waals surface area (Å²) in [7, 11) is 0. The van der Waals surface area contributed by atoms with Gasteiger partial charge in [-0.2, -0.15) is 5.10 Å². The van der Waals surface area contributed by atoms with Gasteiger partial charge in [0, 0.05) is 12.0 Å². The minimum absolute atomic E-state index is 0.0332. The number of nitrogens with zero attached hydrogens (tertiary/aromatic N) is 2. The molecule has 0 bridgehead atoms. The number of carbonyl (C=O) groups is 2. The van der Waals surface area contributed by atoms with Gasteiger partial charge in [0.15, 0.2) is 0 Å². The largest absolute Gasteiger partial charge is 0.396 e. The molecule has 1 aliphatic rings. The first kappa shape index (κ1) is 16.4. The molecule has 0 spiro atoms. The minimum atomic E-state index is -0.645. The molecule has 1 aromatic heterocycles. The van der Waals surface area contributed by atoms with Crippen LogP contribution in [0.2, 0.25) is 0 Å². The molecule has 1 heterocycles. The van der Waals surface area contributed by atoms with Crippen LogP contribution in [-0.2, 0) is 4.79 Å². The molecule has 1 aromatic carbocycles. The Morgan fingerprint density at radius 3 is 2.50 bits per heavy atom. The second-order valence-corrected chi connectivity index (χ2v) is 6.46. The third-order valence-corrected chi connectivity index (χ3v) is 4.64. The van der Waals surface area contributed by atoms with Crippen molar-refractivity contribution in [2.75, 3.05) is 13.2 Å². The summed E-state index contributed by atoms with van der Waals surface area (Å²) >= 11 is 0. The molecule has 126 valence electrons. The van der Waals surface area contributed by atoms with Gasteiger partial charge in [0.05, 0.1) is 29.2 Å². The summed E-state index contributed by atoms with van der Waals surface area (Å²) in [6.07, 6.45) is 1.75. The number of hydrogen-bond acceptors (Lipinski definition) is 4. The van der Waals surface area contributed by atoms with Crippen LogP contribution >= 0.6 is 0 Å². The third kappa shape index (κ3) is 2.97. The van der Waals surface area contributed by atoms with Crippen molar-refractivity contribution in [1.29, 1.82) is 0 Å². The quantitative estimate of drug-likeness (QED) is 0.623. The number of nitrogens with one attached hydrogen (secondary N) is 1. The molecule has 1 fully saturated rings. The minimum Gasteiger partial charge on any atom is -0.396 e. The summed E-state index contributed by atoms with van der Waals surface area (Å²) in [6, 6.07) is 9.48. The highest BCUT2D eigenvalue weighted by atomic mass is 16.3. The van der Waals surface area contributed by atoms with E-state index in [1.807, 2.05) is 30.3 Å². The normalized spacial score (nSPS) is 15.1. The predicted molar refractivity (Wildman–Crippen MR) is 89.1 cm³/mol. The summed E-state index contributed by atoms with van der Waals surface area (Å²) < 4.78 is 1.67. The molecule has 0 aliphatic heterocycles. The lowest BCUT2D eigenvalue weighted by molar-refractivity contribution is -0.117. The van der Waals surface area contributed by atoms with Crippen molar-refractivity contribution in [3.05, 3.63) is 47.3 Å². The zero-order valence-corrected chi connectivity index (χ0v) is 13.9. The average molecular weight is 327 g/mol. The van der Waals surface area contributed by atoms with Crippen LogP contribution in [-0.4, -0.2) is 39.7 Å². The van der Waals surface area contributed by atoms with Gasteiger partial charge in [-0.15, -0.1) is 0 Å². The van der Waals surface area contributed by atoms with Crippen LogP contribution in [0.15, 0.2) is 30.3 Å². The second kappa shape index (κ2) is 6.20. The fourth-order valence-corrected chi connectivity index (χ4v) is 2.82. The van der Waals surface area contributed by atoms with E-state index in [0.29, 0.717) is 23.5 Å². The number of benzene rings is 1. The van der Waals surface area contributed by atoms with Crippen LogP contribution in [0.5, 0.6) is 0 Å². The van der Waals surface area contributed by atoms with Crippen molar-refractivity contribution in [2.45, 2.75) is 26.7 Å². The molecule has 1 saturated carbocycles. The van der Waals surface area contributed by atoms with Gasteiger partial charge in [-0.25, -0.2) is 4.68 Å². The molecule has 0 atom stereocenters. The SMILES string of the molecule is Cc1nn(-c2ccccc2)c(C)c1C(=O)C(=O)NCC1(CO)CC1. The van der Waals surface area contributed by atoms with E-state index in [9.17, 15) is 14.7 Å². The lowest BCUT2D eigenvalue weighted by Crippen LogP contribution is -2.36. The van der Waals surface area contributed by atoms with E-state index in [4.69, 9.17) is 0 Å².